The van der Waals surface area contributed by atoms with E-state index in [4.69, 9.17) is 9.47 Å². The zero-order chi connectivity index (χ0) is 21.8. The molecule has 2 heterocycles. The van der Waals surface area contributed by atoms with Gasteiger partial charge >= 0.3 is 0 Å². The minimum absolute atomic E-state index is 0.100. The van der Waals surface area contributed by atoms with Crippen molar-refractivity contribution < 1.29 is 19.1 Å². The fraction of sp³-hybridized carbons (Fsp3) is 0.227. The molecule has 0 unspecified atom stereocenters. The topological polar surface area (TPSA) is 94.5 Å². The first kappa shape index (κ1) is 20.8. The lowest BCUT2D eigenvalue weighted by molar-refractivity contribution is -0.119. The molecule has 8 nitrogen and oxygen atoms in total. The second kappa shape index (κ2) is 9.13. The number of hydrogen-bond acceptors (Lipinski definition) is 6. The number of imidazole rings is 1. The number of benzene rings is 2. The van der Waals surface area contributed by atoms with Gasteiger partial charge in [-0.25, -0.2) is 4.98 Å². The number of hydrogen-bond donors (Lipinski definition) is 2. The average molecular weight is 439 g/mol. The molecular weight excluding hydrogens is 416 g/mol. The smallest absolute Gasteiger partial charge is 0.269 e. The molecule has 0 radical (unpaired) electrons. The summed E-state index contributed by atoms with van der Waals surface area (Å²) >= 11 is 1.29. The zero-order valence-corrected chi connectivity index (χ0v) is 18.0. The Morgan fingerprint density at radius 3 is 2.71 bits per heavy atom. The Bertz CT molecular complexity index is 1130. The third-order valence-electron chi connectivity index (χ3n) is 4.68. The highest BCUT2D eigenvalue weighted by Crippen LogP contribution is 2.30. The van der Waals surface area contributed by atoms with Crippen LogP contribution in [-0.2, 0) is 4.79 Å². The molecule has 2 N–H and O–H groups in total. The van der Waals surface area contributed by atoms with E-state index in [1.54, 1.807) is 24.4 Å². The van der Waals surface area contributed by atoms with Crippen molar-refractivity contribution in [3.8, 4) is 17.2 Å². The maximum atomic E-state index is 12.3. The molecule has 2 aromatic carbocycles. The van der Waals surface area contributed by atoms with Gasteiger partial charge in [-0.3, -0.25) is 25.0 Å². The highest BCUT2D eigenvalue weighted by Gasteiger charge is 2.16. The first-order valence-electron chi connectivity index (χ1n) is 9.74. The van der Waals surface area contributed by atoms with Gasteiger partial charge in [0.1, 0.15) is 13.2 Å². The fourth-order valence-electron chi connectivity index (χ4n) is 3.11. The van der Waals surface area contributed by atoms with Crippen LogP contribution in [0.2, 0.25) is 0 Å². The number of hydrazine groups is 1. The molecule has 0 fully saturated rings. The van der Waals surface area contributed by atoms with Crippen LogP contribution >= 0.6 is 11.8 Å². The Balaban J connectivity index is 1.33. The Morgan fingerprint density at radius 2 is 1.87 bits per heavy atom. The normalized spacial score (nSPS) is 12.3. The predicted octanol–water partition coefficient (Wildman–Crippen LogP) is 2.81. The molecule has 3 aromatic rings. The number of aryl methyl sites for hydroxylation is 2. The molecule has 0 saturated heterocycles. The molecule has 4 rings (SSSR count). The number of amides is 2. The predicted molar refractivity (Wildman–Crippen MR) is 117 cm³/mol. The van der Waals surface area contributed by atoms with Gasteiger partial charge in [0.2, 0.25) is 5.91 Å². The maximum absolute atomic E-state index is 12.3. The lowest BCUT2D eigenvalue weighted by atomic mass is 10.1. The van der Waals surface area contributed by atoms with Crippen LogP contribution in [0.5, 0.6) is 11.5 Å². The van der Waals surface area contributed by atoms with E-state index in [1.807, 2.05) is 24.6 Å². The molecule has 0 saturated carbocycles. The van der Waals surface area contributed by atoms with Gasteiger partial charge < -0.3 is 9.47 Å². The Kier molecular flexibility index (Phi) is 6.13. The van der Waals surface area contributed by atoms with Crippen LogP contribution in [0.25, 0.3) is 5.69 Å². The first-order valence-corrected chi connectivity index (χ1v) is 10.7. The number of thioether (sulfide) groups is 1. The largest absolute Gasteiger partial charge is 0.486 e. The van der Waals surface area contributed by atoms with Crippen molar-refractivity contribution in [3.05, 3.63) is 65.5 Å². The van der Waals surface area contributed by atoms with E-state index in [1.165, 1.54) is 11.8 Å². The van der Waals surface area contributed by atoms with E-state index in [9.17, 15) is 9.59 Å². The summed E-state index contributed by atoms with van der Waals surface area (Å²) in [4.78, 5) is 28.9. The standard InChI is InChI=1S/C22H22N4O4S/c1-14-3-4-15(2)17(11-14)26-8-7-23-22(26)31-13-20(27)24-25-21(28)16-5-6-18-19(12-16)30-10-9-29-18/h3-8,11-12H,9-10,13H2,1-2H3,(H,24,27)(H,25,28). The quantitative estimate of drug-likeness (QED) is 0.470. The maximum Gasteiger partial charge on any atom is 0.269 e. The van der Waals surface area contributed by atoms with Gasteiger partial charge in [-0.1, -0.05) is 23.9 Å². The molecule has 2 amide bonds. The van der Waals surface area contributed by atoms with Crippen LogP contribution in [0, 0.1) is 13.8 Å². The minimum Gasteiger partial charge on any atom is -0.486 e. The van der Waals surface area contributed by atoms with Crippen molar-refractivity contribution in [2.24, 2.45) is 0 Å². The number of fused-ring (bicyclic) bond motifs is 1. The van der Waals surface area contributed by atoms with Gasteiger partial charge in [-0.15, -0.1) is 0 Å². The number of carbonyl (C=O) groups is 2. The first-order chi connectivity index (χ1) is 15.0. The summed E-state index contributed by atoms with van der Waals surface area (Å²) in [6.07, 6.45) is 3.57. The summed E-state index contributed by atoms with van der Waals surface area (Å²) in [6, 6.07) is 11.1. The van der Waals surface area contributed by atoms with Gasteiger partial charge in [0.15, 0.2) is 16.7 Å². The van der Waals surface area contributed by atoms with Crippen LogP contribution in [0.15, 0.2) is 53.9 Å². The second-order valence-electron chi connectivity index (χ2n) is 7.02. The average Bonchev–Trinajstić information content (AvgIpc) is 3.25. The van der Waals surface area contributed by atoms with Crippen molar-refractivity contribution >= 4 is 23.6 Å². The van der Waals surface area contributed by atoms with E-state index in [0.717, 1.165) is 16.8 Å². The van der Waals surface area contributed by atoms with Crippen LogP contribution in [0.1, 0.15) is 21.5 Å². The molecule has 0 bridgehead atoms. The third-order valence-corrected chi connectivity index (χ3v) is 5.65. The highest BCUT2D eigenvalue weighted by atomic mass is 32.2. The number of ether oxygens (including phenoxy) is 2. The second-order valence-corrected chi connectivity index (χ2v) is 7.96. The zero-order valence-electron chi connectivity index (χ0n) is 17.2. The molecule has 0 spiro atoms. The summed E-state index contributed by atoms with van der Waals surface area (Å²) in [5, 5.41) is 0.696. The number of carbonyl (C=O) groups excluding carboxylic acids is 2. The molecule has 160 valence electrons. The molecular formula is C22H22N4O4S. The van der Waals surface area contributed by atoms with E-state index < -0.39 is 5.91 Å². The number of nitrogens with zero attached hydrogens (tertiary/aromatic N) is 2. The van der Waals surface area contributed by atoms with Crippen molar-refractivity contribution in [3.63, 3.8) is 0 Å². The summed E-state index contributed by atoms with van der Waals surface area (Å²) in [6.45, 7) is 4.98. The lowest BCUT2D eigenvalue weighted by Crippen LogP contribution is -2.42. The summed E-state index contributed by atoms with van der Waals surface area (Å²) in [5.41, 5.74) is 8.50. The molecule has 0 atom stereocenters. The van der Waals surface area contributed by atoms with Gasteiger partial charge in [0, 0.05) is 18.0 Å². The Labute approximate surface area is 183 Å². The van der Waals surface area contributed by atoms with Gasteiger partial charge in [-0.05, 0) is 49.2 Å². The Morgan fingerprint density at radius 1 is 1.06 bits per heavy atom. The minimum atomic E-state index is -0.438. The SMILES string of the molecule is Cc1ccc(C)c(-n2ccnc2SCC(=O)NNC(=O)c2ccc3c(c2)OCCO3)c1. The van der Waals surface area contributed by atoms with Crippen LogP contribution in [0.4, 0.5) is 0 Å². The summed E-state index contributed by atoms with van der Waals surface area (Å²) in [5.74, 6) is 0.434. The van der Waals surface area contributed by atoms with Crippen molar-refractivity contribution in [2.45, 2.75) is 19.0 Å². The molecule has 0 aliphatic carbocycles. The molecule has 1 aromatic heterocycles. The molecule has 1 aliphatic heterocycles. The van der Waals surface area contributed by atoms with E-state index in [0.29, 0.717) is 35.4 Å². The van der Waals surface area contributed by atoms with Gasteiger partial charge in [-0.2, -0.15) is 0 Å². The van der Waals surface area contributed by atoms with Crippen LogP contribution < -0.4 is 20.3 Å². The van der Waals surface area contributed by atoms with Gasteiger partial charge in [0.25, 0.3) is 5.91 Å². The molecule has 9 heteroatoms. The van der Waals surface area contributed by atoms with Crippen LogP contribution in [0.3, 0.4) is 0 Å². The van der Waals surface area contributed by atoms with E-state index >= 15 is 0 Å². The fourth-order valence-corrected chi connectivity index (χ4v) is 3.87. The monoisotopic (exact) mass is 438 g/mol. The van der Waals surface area contributed by atoms with Crippen LogP contribution in [-0.4, -0.2) is 40.3 Å². The Hall–Kier alpha value is -3.46. The van der Waals surface area contributed by atoms with E-state index in [2.05, 4.69) is 34.0 Å². The number of aromatic nitrogens is 2. The number of rotatable bonds is 5. The summed E-state index contributed by atoms with van der Waals surface area (Å²) < 4.78 is 12.9. The van der Waals surface area contributed by atoms with Crippen molar-refractivity contribution in [2.75, 3.05) is 19.0 Å². The molecule has 1 aliphatic rings. The number of nitrogens with one attached hydrogen (secondary N) is 2. The van der Waals surface area contributed by atoms with Gasteiger partial charge in [0.05, 0.1) is 11.4 Å². The lowest BCUT2D eigenvalue weighted by Gasteiger charge is -2.18. The third kappa shape index (κ3) is 4.83. The highest BCUT2D eigenvalue weighted by molar-refractivity contribution is 7.99. The van der Waals surface area contributed by atoms with Crippen molar-refractivity contribution in [1.82, 2.24) is 20.4 Å². The molecule has 31 heavy (non-hydrogen) atoms. The van der Waals surface area contributed by atoms with E-state index in [-0.39, 0.29) is 11.7 Å². The summed E-state index contributed by atoms with van der Waals surface area (Å²) in [7, 11) is 0. The van der Waals surface area contributed by atoms with Crippen molar-refractivity contribution in [1.29, 1.82) is 0 Å².